The second-order valence-corrected chi connectivity index (χ2v) is 5.93. The highest BCUT2D eigenvalue weighted by Gasteiger charge is 2.23. The van der Waals surface area contributed by atoms with E-state index in [0.717, 1.165) is 18.9 Å². The van der Waals surface area contributed by atoms with E-state index in [0.29, 0.717) is 24.5 Å². The van der Waals surface area contributed by atoms with Crippen molar-refractivity contribution >= 4 is 35.6 Å². The van der Waals surface area contributed by atoms with Gasteiger partial charge in [0.2, 0.25) is 5.83 Å². The number of ether oxygens (including phenoxy) is 1. The minimum absolute atomic E-state index is 0.0801. The monoisotopic (exact) mass is 371 g/mol. The zero-order valence-electron chi connectivity index (χ0n) is 13.7. The Labute approximate surface area is 149 Å². The summed E-state index contributed by atoms with van der Waals surface area (Å²) in [7, 11) is 0. The summed E-state index contributed by atoms with van der Waals surface area (Å²) in [4.78, 5) is 27.8. The van der Waals surface area contributed by atoms with Gasteiger partial charge in [0.1, 0.15) is 5.82 Å². The molecule has 1 saturated heterocycles. The average Bonchev–Trinajstić information content (AvgIpc) is 2.57. The quantitative estimate of drug-likeness (QED) is 0.610. The minimum Gasteiger partial charge on any atom is -0.465 e. The first-order chi connectivity index (χ1) is 11.9. The lowest BCUT2D eigenvalue weighted by Crippen LogP contribution is -2.44. The minimum atomic E-state index is -1.04. The molecule has 25 heavy (non-hydrogen) atoms. The highest BCUT2D eigenvalue weighted by Crippen LogP contribution is 2.24. The van der Waals surface area contributed by atoms with Crippen LogP contribution in [0.5, 0.6) is 0 Å². The molecule has 1 aromatic heterocycles. The Kier molecular flexibility index (Phi) is 6.58. The van der Waals surface area contributed by atoms with Gasteiger partial charge in [0, 0.05) is 25.3 Å². The summed E-state index contributed by atoms with van der Waals surface area (Å²) in [5.41, 5.74) is 0.317. The van der Waals surface area contributed by atoms with Crippen molar-refractivity contribution in [1.29, 1.82) is 0 Å². The van der Waals surface area contributed by atoms with E-state index in [1.54, 1.807) is 6.92 Å². The first-order valence-corrected chi connectivity index (χ1v) is 8.22. The van der Waals surface area contributed by atoms with E-state index < -0.39 is 17.9 Å². The number of carbonyl (C=O) groups is 2. The summed E-state index contributed by atoms with van der Waals surface area (Å²) in [6, 6.07) is 1.36. The fourth-order valence-electron chi connectivity index (χ4n) is 2.51. The SMILES string of the molecule is CCOC(=O)/C(F)=C\c1cnc(N[C@@H]2CCCN(C(=O)O)C2)c(Cl)c1. The van der Waals surface area contributed by atoms with Crippen molar-refractivity contribution < 1.29 is 23.8 Å². The molecule has 1 aliphatic heterocycles. The van der Waals surface area contributed by atoms with Crippen LogP contribution in [0.2, 0.25) is 5.02 Å². The summed E-state index contributed by atoms with van der Waals surface area (Å²) in [5, 5.41) is 12.4. The number of carboxylic acid groups (broad SMARTS) is 1. The van der Waals surface area contributed by atoms with E-state index in [1.165, 1.54) is 17.2 Å². The Morgan fingerprint density at radius 3 is 3.00 bits per heavy atom. The lowest BCUT2D eigenvalue weighted by atomic mass is 10.1. The fourth-order valence-corrected chi connectivity index (χ4v) is 2.73. The van der Waals surface area contributed by atoms with Crippen molar-refractivity contribution in [2.75, 3.05) is 25.0 Å². The molecule has 1 amide bonds. The van der Waals surface area contributed by atoms with Crippen LogP contribution in [0.1, 0.15) is 25.3 Å². The molecule has 0 aromatic carbocycles. The van der Waals surface area contributed by atoms with Gasteiger partial charge in [-0.25, -0.2) is 14.6 Å². The Morgan fingerprint density at radius 1 is 1.60 bits per heavy atom. The molecule has 2 N–H and O–H groups in total. The number of anilines is 1. The Balaban J connectivity index is 2.05. The number of aromatic nitrogens is 1. The summed E-state index contributed by atoms with van der Waals surface area (Å²) < 4.78 is 18.2. The molecule has 0 aliphatic carbocycles. The van der Waals surface area contributed by atoms with Crippen molar-refractivity contribution in [2.24, 2.45) is 0 Å². The Morgan fingerprint density at radius 2 is 2.36 bits per heavy atom. The number of pyridine rings is 1. The molecule has 1 fully saturated rings. The number of carbonyl (C=O) groups excluding carboxylic acids is 1. The van der Waals surface area contributed by atoms with Gasteiger partial charge in [0.05, 0.1) is 11.6 Å². The molecule has 1 aromatic rings. The molecule has 1 atom stereocenters. The molecule has 2 rings (SSSR count). The molecule has 0 bridgehead atoms. The van der Waals surface area contributed by atoms with Crippen LogP contribution in [0.25, 0.3) is 6.08 Å². The predicted molar refractivity (Wildman–Crippen MR) is 91.2 cm³/mol. The first-order valence-electron chi connectivity index (χ1n) is 7.85. The van der Waals surface area contributed by atoms with Gasteiger partial charge in [-0.05, 0) is 37.5 Å². The van der Waals surface area contributed by atoms with E-state index in [9.17, 15) is 14.0 Å². The largest absolute Gasteiger partial charge is 0.465 e. The lowest BCUT2D eigenvalue weighted by Gasteiger charge is -2.31. The lowest BCUT2D eigenvalue weighted by molar-refractivity contribution is -0.140. The van der Waals surface area contributed by atoms with Crippen LogP contribution in [-0.4, -0.2) is 52.8 Å². The molecule has 2 heterocycles. The zero-order chi connectivity index (χ0) is 18.4. The van der Waals surface area contributed by atoms with Crippen LogP contribution in [-0.2, 0) is 9.53 Å². The van der Waals surface area contributed by atoms with Gasteiger partial charge in [-0.15, -0.1) is 0 Å². The van der Waals surface area contributed by atoms with Crippen LogP contribution >= 0.6 is 11.6 Å². The van der Waals surface area contributed by atoms with Gasteiger partial charge in [0.25, 0.3) is 0 Å². The molecule has 136 valence electrons. The molecule has 1 aliphatic rings. The summed E-state index contributed by atoms with van der Waals surface area (Å²) >= 11 is 6.15. The fraction of sp³-hybridized carbons (Fsp3) is 0.438. The average molecular weight is 372 g/mol. The third kappa shape index (κ3) is 5.32. The van der Waals surface area contributed by atoms with E-state index >= 15 is 0 Å². The molecule has 9 heteroatoms. The van der Waals surface area contributed by atoms with Gasteiger partial charge < -0.3 is 20.1 Å². The highest BCUT2D eigenvalue weighted by molar-refractivity contribution is 6.33. The molecule has 7 nitrogen and oxygen atoms in total. The van der Waals surface area contributed by atoms with Gasteiger partial charge >= 0.3 is 12.1 Å². The van der Waals surface area contributed by atoms with Crippen molar-refractivity contribution in [2.45, 2.75) is 25.8 Å². The van der Waals surface area contributed by atoms with E-state index in [4.69, 9.17) is 16.7 Å². The molecule has 0 unspecified atom stereocenters. The molecule has 0 spiro atoms. The maximum atomic E-state index is 13.6. The number of halogens is 2. The highest BCUT2D eigenvalue weighted by atomic mass is 35.5. The number of hydrogen-bond donors (Lipinski definition) is 2. The first kappa shape index (κ1) is 19.0. The number of piperidine rings is 1. The van der Waals surface area contributed by atoms with E-state index in [1.807, 2.05) is 0 Å². The van der Waals surface area contributed by atoms with Crippen LogP contribution < -0.4 is 5.32 Å². The van der Waals surface area contributed by atoms with Crippen molar-refractivity contribution in [3.05, 3.63) is 28.7 Å². The normalized spacial score (nSPS) is 18.0. The number of esters is 1. The van der Waals surface area contributed by atoms with E-state index in [-0.39, 0.29) is 17.7 Å². The number of nitrogens with zero attached hydrogens (tertiary/aromatic N) is 2. The van der Waals surface area contributed by atoms with Crippen LogP contribution in [0, 0.1) is 0 Å². The third-order valence-corrected chi connectivity index (χ3v) is 3.95. The molecule has 0 radical (unpaired) electrons. The van der Waals surface area contributed by atoms with Crippen LogP contribution in [0.3, 0.4) is 0 Å². The summed E-state index contributed by atoms with van der Waals surface area (Å²) in [6.07, 6.45) is 2.94. The maximum Gasteiger partial charge on any atom is 0.407 e. The van der Waals surface area contributed by atoms with Crippen molar-refractivity contribution in [3.8, 4) is 0 Å². The van der Waals surface area contributed by atoms with Gasteiger partial charge in [-0.2, -0.15) is 4.39 Å². The van der Waals surface area contributed by atoms with Crippen molar-refractivity contribution in [1.82, 2.24) is 9.88 Å². The second-order valence-electron chi connectivity index (χ2n) is 5.52. The summed E-state index contributed by atoms with van der Waals surface area (Å²) in [5.74, 6) is -1.70. The smallest absolute Gasteiger partial charge is 0.407 e. The van der Waals surface area contributed by atoms with Gasteiger partial charge in [0.15, 0.2) is 0 Å². The predicted octanol–water partition coefficient (Wildman–Crippen LogP) is 3.16. The topological polar surface area (TPSA) is 91.8 Å². The third-order valence-electron chi connectivity index (χ3n) is 3.66. The molecular formula is C16H19ClFN3O4. The number of amides is 1. The molecule has 0 saturated carbocycles. The van der Waals surface area contributed by atoms with Gasteiger partial charge in [-0.1, -0.05) is 11.6 Å². The zero-order valence-corrected chi connectivity index (χ0v) is 14.4. The van der Waals surface area contributed by atoms with Gasteiger partial charge in [-0.3, -0.25) is 0 Å². The number of rotatable bonds is 5. The van der Waals surface area contributed by atoms with Crippen LogP contribution in [0.4, 0.5) is 15.0 Å². The maximum absolute atomic E-state index is 13.6. The Bertz CT molecular complexity index is 683. The Hall–Kier alpha value is -2.35. The second kappa shape index (κ2) is 8.66. The van der Waals surface area contributed by atoms with Crippen molar-refractivity contribution in [3.63, 3.8) is 0 Å². The molecular weight excluding hydrogens is 353 g/mol. The number of likely N-dealkylation sites (tertiary alicyclic amines) is 1. The number of hydrogen-bond acceptors (Lipinski definition) is 5. The standard InChI is InChI=1S/C16H19ClFN3O4/c1-2-25-15(22)13(18)7-10-6-12(17)14(19-8-10)20-11-4-3-5-21(9-11)16(23)24/h6-8,11H,2-5,9H2,1H3,(H,19,20)(H,23,24)/b13-7+/t11-/m1/s1. The summed E-state index contributed by atoms with van der Waals surface area (Å²) in [6.45, 7) is 2.51. The van der Waals surface area contributed by atoms with E-state index in [2.05, 4.69) is 15.0 Å². The van der Waals surface area contributed by atoms with Crippen LogP contribution in [0.15, 0.2) is 18.1 Å². The number of nitrogens with one attached hydrogen (secondary N) is 1.